The van der Waals surface area contributed by atoms with Crippen molar-refractivity contribution in [3.05, 3.63) is 67.0 Å². The molecule has 2 N–H and O–H groups in total. The Morgan fingerprint density at radius 3 is 2.00 bits per heavy atom. The second-order valence-corrected chi connectivity index (χ2v) is 14.1. The second kappa shape index (κ2) is 10.5. The molecular formula is C24H34FNO5SSi. The van der Waals surface area contributed by atoms with Crippen molar-refractivity contribution in [1.29, 1.82) is 0 Å². The van der Waals surface area contributed by atoms with Crippen LogP contribution in [-0.2, 0) is 14.4 Å². The SMILES string of the molecule is C=CC[C@@](CO)(NS(=O)(=O)c1ccc(Oc2ccc(F)cc2)cc1)C(C)(C)O[SiH2]C(C)(C)C. The van der Waals surface area contributed by atoms with E-state index in [-0.39, 0.29) is 22.2 Å². The molecule has 0 unspecified atom stereocenters. The van der Waals surface area contributed by atoms with Crippen molar-refractivity contribution in [2.75, 3.05) is 6.61 Å². The summed E-state index contributed by atoms with van der Waals surface area (Å²) < 4.78 is 54.1. The number of sulfonamides is 1. The van der Waals surface area contributed by atoms with Gasteiger partial charge in [0.25, 0.3) is 0 Å². The number of halogens is 1. The molecule has 0 amide bonds. The molecular weight excluding hydrogens is 461 g/mol. The fourth-order valence-corrected chi connectivity index (χ4v) is 5.71. The van der Waals surface area contributed by atoms with Gasteiger partial charge in [0, 0.05) is 0 Å². The Hall–Kier alpha value is -2.04. The van der Waals surface area contributed by atoms with Crippen molar-refractivity contribution < 1.29 is 27.1 Å². The molecule has 0 aliphatic carbocycles. The Morgan fingerprint density at radius 1 is 1.03 bits per heavy atom. The van der Waals surface area contributed by atoms with Crippen LogP contribution in [0.5, 0.6) is 11.5 Å². The third-order valence-electron chi connectivity index (χ3n) is 5.29. The number of rotatable bonds is 11. The number of hydrogen-bond donors (Lipinski definition) is 2. The zero-order chi connectivity index (χ0) is 24.9. The first-order valence-corrected chi connectivity index (χ1v) is 13.4. The summed E-state index contributed by atoms with van der Waals surface area (Å²) in [5, 5.41) is 10.3. The molecule has 0 spiro atoms. The van der Waals surface area contributed by atoms with Crippen molar-refractivity contribution in [2.45, 2.75) is 62.1 Å². The van der Waals surface area contributed by atoms with Gasteiger partial charge in [-0.15, -0.1) is 6.58 Å². The minimum absolute atomic E-state index is 0.00806. The predicted molar refractivity (Wildman–Crippen MR) is 131 cm³/mol. The molecule has 0 saturated heterocycles. The van der Waals surface area contributed by atoms with E-state index in [0.717, 1.165) is 0 Å². The lowest BCUT2D eigenvalue weighted by atomic mass is 9.81. The van der Waals surface area contributed by atoms with Gasteiger partial charge in [-0.2, -0.15) is 4.72 Å². The van der Waals surface area contributed by atoms with E-state index in [1.165, 1.54) is 48.5 Å². The summed E-state index contributed by atoms with van der Waals surface area (Å²) in [6, 6.07) is 11.4. The molecule has 6 nitrogen and oxygen atoms in total. The molecule has 0 fully saturated rings. The fraction of sp³-hybridized carbons (Fsp3) is 0.417. The summed E-state index contributed by atoms with van der Waals surface area (Å²) in [5.41, 5.74) is -2.27. The van der Waals surface area contributed by atoms with Crippen LogP contribution < -0.4 is 9.46 Å². The van der Waals surface area contributed by atoms with Crippen LogP contribution in [-0.4, -0.2) is 41.0 Å². The predicted octanol–water partition coefficient (Wildman–Crippen LogP) is 4.30. The Balaban J connectivity index is 2.28. The molecule has 2 rings (SSSR count). The highest BCUT2D eigenvalue weighted by molar-refractivity contribution is 7.89. The monoisotopic (exact) mass is 495 g/mol. The van der Waals surface area contributed by atoms with E-state index in [1.54, 1.807) is 19.9 Å². The lowest BCUT2D eigenvalue weighted by molar-refractivity contribution is -0.0167. The maximum absolute atomic E-state index is 13.3. The number of aliphatic hydroxyl groups excluding tert-OH is 1. The number of benzene rings is 2. The molecule has 0 saturated carbocycles. The van der Waals surface area contributed by atoms with Gasteiger partial charge in [0.15, 0.2) is 9.76 Å². The highest BCUT2D eigenvalue weighted by atomic mass is 32.2. The van der Waals surface area contributed by atoms with Gasteiger partial charge in [-0.25, -0.2) is 12.8 Å². The van der Waals surface area contributed by atoms with E-state index in [9.17, 15) is 17.9 Å². The van der Waals surface area contributed by atoms with Gasteiger partial charge in [-0.1, -0.05) is 26.8 Å². The minimum atomic E-state index is -4.01. The topological polar surface area (TPSA) is 84.9 Å². The number of nitrogens with one attached hydrogen (secondary N) is 1. The van der Waals surface area contributed by atoms with Crippen LogP contribution >= 0.6 is 0 Å². The van der Waals surface area contributed by atoms with E-state index in [4.69, 9.17) is 9.16 Å². The second-order valence-electron chi connectivity index (χ2n) is 9.73. The van der Waals surface area contributed by atoms with Gasteiger partial charge in [0.2, 0.25) is 10.0 Å². The van der Waals surface area contributed by atoms with E-state index in [0.29, 0.717) is 11.5 Å². The number of ether oxygens (including phenoxy) is 1. The molecule has 33 heavy (non-hydrogen) atoms. The van der Waals surface area contributed by atoms with E-state index in [2.05, 4.69) is 32.1 Å². The van der Waals surface area contributed by atoms with Crippen molar-refractivity contribution in [3.63, 3.8) is 0 Å². The first-order chi connectivity index (χ1) is 15.2. The van der Waals surface area contributed by atoms with Crippen molar-refractivity contribution in [2.24, 2.45) is 0 Å². The molecule has 0 bridgehead atoms. The van der Waals surface area contributed by atoms with Crippen LogP contribution in [0.25, 0.3) is 0 Å². The summed E-state index contributed by atoms with van der Waals surface area (Å²) in [4.78, 5) is 0.0136. The van der Waals surface area contributed by atoms with Crippen molar-refractivity contribution >= 4 is 19.8 Å². The third-order valence-corrected chi connectivity index (χ3v) is 8.58. The maximum Gasteiger partial charge on any atom is 0.241 e. The Morgan fingerprint density at radius 2 is 1.55 bits per heavy atom. The standard InChI is InChI=1S/C24H34FNO5SSi/c1-7-16-24(17-27,23(5,6)31-33-22(2,3)4)26-32(28,29)21-14-12-20(13-15-21)30-19-10-8-18(25)9-11-19/h7-15,26-27H,1,16-17,33H2,2-6H3/t24-/m0/s1. The average Bonchev–Trinajstić information content (AvgIpc) is 2.73. The zero-order valence-electron chi connectivity index (χ0n) is 19.9. The van der Waals surface area contributed by atoms with Crippen LogP contribution in [0.1, 0.15) is 41.0 Å². The summed E-state index contributed by atoms with van der Waals surface area (Å²) in [6.07, 6.45) is 1.75. The largest absolute Gasteiger partial charge is 0.457 e. The zero-order valence-corrected chi connectivity index (χ0v) is 22.1. The molecule has 182 valence electrons. The normalized spacial score (nSPS) is 14.9. The molecule has 9 heteroatoms. The first-order valence-electron chi connectivity index (χ1n) is 10.7. The highest BCUT2D eigenvalue weighted by Crippen LogP contribution is 2.34. The molecule has 2 aromatic carbocycles. The average molecular weight is 496 g/mol. The van der Waals surface area contributed by atoms with Crippen LogP contribution in [0.3, 0.4) is 0 Å². The fourth-order valence-electron chi connectivity index (χ4n) is 3.12. The molecule has 0 aromatic heterocycles. The summed E-state index contributed by atoms with van der Waals surface area (Å²) >= 11 is 0. The Kier molecular flexibility index (Phi) is 8.64. The van der Waals surface area contributed by atoms with Crippen molar-refractivity contribution in [3.8, 4) is 11.5 Å². The molecule has 0 heterocycles. The first kappa shape index (κ1) is 27.2. The lowest BCUT2D eigenvalue weighted by Gasteiger charge is -2.46. The van der Waals surface area contributed by atoms with Gasteiger partial charge in [-0.05, 0) is 73.8 Å². The molecule has 0 aliphatic rings. The summed E-state index contributed by atoms with van der Waals surface area (Å²) in [6.45, 7) is 13.1. The molecule has 2 aromatic rings. The molecule has 0 radical (unpaired) electrons. The van der Waals surface area contributed by atoms with Gasteiger partial charge in [0.1, 0.15) is 17.3 Å². The number of hydrogen-bond acceptors (Lipinski definition) is 5. The van der Waals surface area contributed by atoms with E-state index in [1.807, 2.05) is 0 Å². The molecule has 1 atom stereocenters. The van der Waals surface area contributed by atoms with E-state index < -0.39 is 37.5 Å². The third kappa shape index (κ3) is 7.22. The van der Waals surface area contributed by atoms with Crippen LogP contribution in [0.2, 0.25) is 5.04 Å². The van der Waals surface area contributed by atoms with Gasteiger partial charge in [0.05, 0.1) is 22.6 Å². The van der Waals surface area contributed by atoms with Crippen molar-refractivity contribution in [1.82, 2.24) is 4.72 Å². The van der Waals surface area contributed by atoms with E-state index >= 15 is 0 Å². The van der Waals surface area contributed by atoms with Gasteiger partial charge < -0.3 is 14.3 Å². The smallest absolute Gasteiger partial charge is 0.241 e. The molecule has 0 aliphatic heterocycles. The Labute approximate surface area is 198 Å². The Bertz CT molecular complexity index is 1030. The maximum atomic E-state index is 13.3. The summed E-state index contributed by atoms with van der Waals surface area (Å²) in [7, 11) is -5.05. The van der Waals surface area contributed by atoms with Crippen LogP contribution in [0.4, 0.5) is 4.39 Å². The van der Waals surface area contributed by atoms with Crippen LogP contribution in [0.15, 0.2) is 66.1 Å². The lowest BCUT2D eigenvalue weighted by Crippen LogP contribution is -2.65. The minimum Gasteiger partial charge on any atom is -0.457 e. The van der Waals surface area contributed by atoms with Crippen LogP contribution in [0, 0.1) is 5.82 Å². The van der Waals surface area contributed by atoms with Gasteiger partial charge >= 0.3 is 0 Å². The summed E-state index contributed by atoms with van der Waals surface area (Å²) in [5.74, 6) is 0.455. The highest BCUT2D eigenvalue weighted by Gasteiger charge is 2.48. The quantitative estimate of drug-likeness (QED) is 0.359. The number of aliphatic hydroxyl groups is 1. The van der Waals surface area contributed by atoms with Gasteiger partial charge in [-0.3, -0.25) is 0 Å².